The summed E-state index contributed by atoms with van der Waals surface area (Å²) in [6.45, 7) is 8.14. The van der Waals surface area contributed by atoms with Gasteiger partial charge >= 0.3 is 0 Å². The van der Waals surface area contributed by atoms with Gasteiger partial charge in [0.25, 0.3) is 0 Å². The number of nitrogens with one attached hydrogen (secondary N) is 2. The van der Waals surface area contributed by atoms with Gasteiger partial charge in [-0.2, -0.15) is 0 Å². The molecule has 0 aliphatic carbocycles. The Hall–Kier alpha value is -1.07. The van der Waals surface area contributed by atoms with E-state index >= 15 is 0 Å². The fraction of sp³-hybridized carbons (Fsp3) is 0.722. The van der Waals surface area contributed by atoms with E-state index in [1.807, 2.05) is 0 Å². The van der Waals surface area contributed by atoms with Crippen molar-refractivity contribution in [3.05, 3.63) is 21.9 Å². The first-order valence-corrected chi connectivity index (χ1v) is 9.71. The van der Waals surface area contributed by atoms with Gasteiger partial charge < -0.3 is 15.5 Å². The lowest BCUT2D eigenvalue weighted by molar-refractivity contribution is 0.389. The third-order valence-corrected chi connectivity index (χ3v) is 4.78. The van der Waals surface area contributed by atoms with Crippen molar-refractivity contribution in [1.29, 1.82) is 0 Å². The van der Waals surface area contributed by atoms with Gasteiger partial charge in [-0.15, -0.1) is 11.3 Å². The van der Waals surface area contributed by atoms with Crippen LogP contribution >= 0.6 is 11.3 Å². The minimum atomic E-state index is 0.767. The van der Waals surface area contributed by atoms with E-state index < -0.39 is 0 Å². The molecule has 0 fully saturated rings. The molecule has 1 rings (SSSR count). The summed E-state index contributed by atoms with van der Waals surface area (Å²) in [5.41, 5.74) is 1.34. The van der Waals surface area contributed by atoms with Crippen LogP contribution in [0.25, 0.3) is 0 Å². The number of aryl methyl sites for hydroxylation is 1. The summed E-state index contributed by atoms with van der Waals surface area (Å²) < 4.78 is 0. The van der Waals surface area contributed by atoms with Gasteiger partial charge in [0.1, 0.15) is 0 Å². The zero-order valence-corrected chi connectivity index (χ0v) is 16.1. The van der Waals surface area contributed by atoms with Crippen LogP contribution in [0.1, 0.15) is 49.5 Å². The monoisotopic (exact) mass is 338 g/mol. The summed E-state index contributed by atoms with van der Waals surface area (Å²) in [6, 6.07) is 2.16. The molecule has 132 valence electrons. The highest BCUT2D eigenvalue weighted by atomic mass is 32.1. The Morgan fingerprint density at radius 1 is 1.13 bits per heavy atom. The van der Waals surface area contributed by atoms with Gasteiger partial charge in [-0.1, -0.05) is 19.3 Å². The van der Waals surface area contributed by atoms with Crippen molar-refractivity contribution >= 4 is 17.3 Å². The Bertz CT molecular complexity index is 440. The molecule has 2 N–H and O–H groups in total. The van der Waals surface area contributed by atoms with Crippen LogP contribution in [0.3, 0.4) is 0 Å². The van der Waals surface area contributed by atoms with Crippen LogP contribution in [0.15, 0.2) is 16.4 Å². The van der Waals surface area contributed by atoms with Gasteiger partial charge in [-0.25, -0.2) is 4.99 Å². The van der Waals surface area contributed by atoms with Gasteiger partial charge in [0, 0.05) is 18.0 Å². The van der Waals surface area contributed by atoms with E-state index in [4.69, 9.17) is 0 Å². The van der Waals surface area contributed by atoms with Crippen LogP contribution in [-0.2, 0) is 6.54 Å². The van der Waals surface area contributed by atoms with Crippen LogP contribution in [0, 0.1) is 6.92 Å². The molecule has 0 atom stereocenters. The van der Waals surface area contributed by atoms with Gasteiger partial charge in [0.15, 0.2) is 5.96 Å². The Labute approximate surface area is 146 Å². The van der Waals surface area contributed by atoms with E-state index in [0.29, 0.717) is 0 Å². The quantitative estimate of drug-likeness (QED) is 0.368. The summed E-state index contributed by atoms with van der Waals surface area (Å²) in [5.74, 6) is 0.938. The number of thiophene rings is 1. The molecule has 4 nitrogen and oxygen atoms in total. The third-order valence-electron chi connectivity index (χ3n) is 3.77. The summed E-state index contributed by atoms with van der Waals surface area (Å²) in [7, 11) is 4.28. The van der Waals surface area contributed by atoms with Crippen molar-refractivity contribution in [2.45, 2.75) is 52.5 Å². The molecular weight excluding hydrogens is 304 g/mol. The second-order valence-corrected chi connectivity index (χ2v) is 7.22. The standard InChI is InChI=1S/C18H34N4S/c1-5-19-18(21-15-17-16(2)11-14-23-17)20-12-9-7-6-8-10-13-22(3)4/h11,14H,5-10,12-13,15H2,1-4H3,(H2,19,20,21). The Balaban J connectivity index is 2.17. The van der Waals surface area contributed by atoms with Crippen LogP contribution in [0.2, 0.25) is 0 Å². The first kappa shape index (κ1) is 20.0. The molecule has 23 heavy (non-hydrogen) atoms. The predicted molar refractivity (Wildman–Crippen MR) is 104 cm³/mol. The van der Waals surface area contributed by atoms with Gasteiger partial charge in [-0.05, 0) is 64.3 Å². The molecule has 5 heteroatoms. The summed E-state index contributed by atoms with van der Waals surface area (Å²) in [4.78, 5) is 8.29. The molecule has 0 aliphatic rings. The topological polar surface area (TPSA) is 39.7 Å². The molecule has 1 aromatic heterocycles. The van der Waals surface area contributed by atoms with Crippen LogP contribution < -0.4 is 10.6 Å². The van der Waals surface area contributed by atoms with Crippen molar-refractivity contribution < 1.29 is 0 Å². The third kappa shape index (κ3) is 9.61. The number of rotatable bonds is 11. The van der Waals surface area contributed by atoms with Crippen molar-refractivity contribution in [2.24, 2.45) is 4.99 Å². The van der Waals surface area contributed by atoms with E-state index in [-0.39, 0.29) is 0 Å². The predicted octanol–water partition coefficient (Wildman–Crippen LogP) is 3.62. The minimum Gasteiger partial charge on any atom is -0.357 e. The molecule has 0 amide bonds. The minimum absolute atomic E-state index is 0.767. The van der Waals surface area contributed by atoms with Crippen molar-refractivity contribution in [2.75, 3.05) is 33.7 Å². The Morgan fingerprint density at radius 3 is 2.52 bits per heavy atom. The van der Waals surface area contributed by atoms with E-state index in [1.54, 1.807) is 11.3 Å². The highest BCUT2D eigenvalue weighted by Gasteiger charge is 2.01. The lowest BCUT2D eigenvalue weighted by Gasteiger charge is -2.11. The smallest absolute Gasteiger partial charge is 0.191 e. The van der Waals surface area contributed by atoms with E-state index in [1.165, 1.54) is 49.1 Å². The molecule has 0 saturated carbocycles. The molecule has 0 unspecified atom stereocenters. The average Bonchev–Trinajstić information content (AvgIpc) is 2.92. The molecule has 0 spiro atoms. The number of unbranched alkanes of at least 4 members (excludes halogenated alkanes) is 4. The average molecular weight is 339 g/mol. The van der Waals surface area contributed by atoms with E-state index in [2.05, 4.69) is 59.9 Å². The molecule has 0 aromatic carbocycles. The maximum absolute atomic E-state index is 4.68. The SMILES string of the molecule is CCNC(=NCc1sccc1C)NCCCCCCCN(C)C. The summed E-state index contributed by atoms with van der Waals surface area (Å²) >= 11 is 1.79. The highest BCUT2D eigenvalue weighted by molar-refractivity contribution is 7.10. The molecule has 0 radical (unpaired) electrons. The summed E-state index contributed by atoms with van der Waals surface area (Å²) in [6.07, 6.45) is 6.49. The first-order chi connectivity index (χ1) is 11.1. The number of guanidine groups is 1. The van der Waals surface area contributed by atoms with E-state index in [9.17, 15) is 0 Å². The van der Waals surface area contributed by atoms with Crippen LogP contribution in [0.5, 0.6) is 0 Å². The highest BCUT2D eigenvalue weighted by Crippen LogP contribution is 2.16. The lowest BCUT2D eigenvalue weighted by Crippen LogP contribution is -2.37. The van der Waals surface area contributed by atoms with Gasteiger partial charge in [0.2, 0.25) is 0 Å². The number of hydrogen-bond acceptors (Lipinski definition) is 3. The first-order valence-electron chi connectivity index (χ1n) is 8.83. The lowest BCUT2D eigenvalue weighted by atomic mass is 10.1. The number of hydrogen-bond donors (Lipinski definition) is 2. The molecule has 0 aliphatic heterocycles. The van der Waals surface area contributed by atoms with E-state index in [0.717, 1.165) is 25.6 Å². The van der Waals surface area contributed by atoms with Crippen LogP contribution in [-0.4, -0.2) is 44.6 Å². The van der Waals surface area contributed by atoms with Gasteiger partial charge in [0.05, 0.1) is 6.54 Å². The fourth-order valence-electron chi connectivity index (χ4n) is 2.35. The zero-order chi connectivity index (χ0) is 16.9. The molecule has 0 bridgehead atoms. The Kier molecular flexibility index (Phi) is 10.7. The molecule has 1 aromatic rings. The van der Waals surface area contributed by atoms with Crippen molar-refractivity contribution in [3.8, 4) is 0 Å². The van der Waals surface area contributed by atoms with Crippen molar-refractivity contribution in [3.63, 3.8) is 0 Å². The number of nitrogens with zero attached hydrogens (tertiary/aromatic N) is 2. The largest absolute Gasteiger partial charge is 0.357 e. The second kappa shape index (κ2) is 12.4. The number of aliphatic imine (C=N–C) groups is 1. The Morgan fingerprint density at radius 2 is 1.87 bits per heavy atom. The summed E-state index contributed by atoms with van der Waals surface area (Å²) in [5, 5.41) is 8.91. The maximum Gasteiger partial charge on any atom is 0.191 e. The van der Waals surface area contributed by atoms with Gasteiger partial charge in [-0.3, -0.25) is 0 Å². The molecular formula is C18H34N4S. The van der Waals surface area contributed by atoms with Crippen LogP contribution in [0.4, 0.5) is 0 Å². The molecule has 1 heterocycles. The normalized spacial score (nSPS) is 12.0. The zero-order valence-electron chi connectivity index (χ0n) is 15.3. The maximum atomic E-state index is 4.68. The fourth-order valence-corrected chi connectivity index (χ4v) is 3.18. The second-order valence-electron chi connectivity index (χ2n) is 6.22. The molecule has 0 saturated heterocycles. The van der Waals surface area contributed by atoms with Crippen molar-refractivity contribution in [1.82, 2.24) is 15.5 Å².